The van der Waals surface area contributed by atoms with Gasteiger partial charge in [0.2, 0.25) is 0 Å². The van der Waals surface area contributed by atoms with Crippen LogP contribution in [-0.4, -0.2) is 42.8 Å². The molecular formula is C14H26N2O2. The molecule has 1 N–H and O–H groups in total. The van der Waals surface area contributed by atoms with E-state index in [1.807, 2.05) is 25.7 Å². The van der Waals surface area contributed by atoms with E-state index in [1.54, 1.807) is 0 Å². The zero-order valence-electron chi connectivity index (χ0n) is 11.9. The van der Waals surface area contributed by atoms with Gasteiger partial charge in [-0.2, -0.15) is 0 Å². The maximum absolute atomic E-state index is 12.1. The Balaban J connectivity index is 1.87. The molecule has 0 aromatic rings. The first-order valence-corrected chi connectivity index (χ1v) is 7.14. The molecule has 4 nitrogen and oxygen atoms in total. The summed E-state index contributed by atoms with van der Waals surface area (Å²) in [6.07, 6.45) is 3.48. The highest BCUT2D eigenvalue weighted by Gasteiger charge is 2.32. The average molecular weight is 254 g/mol. The first kappa shape index (κ1) is 13.7. The van der Waals surface area contributed by atoms with Gasteiger partial charge in [0.15, 0.2) is 0 Å². The highest BCUT2D eigenvalue weighted by molar-refractivity contribution is 5.68. The molecule has 2 atom stereocenters. The largest absolute Gasteiger partial charge is 0.444 e. The van der Waals surface area contributed by atoms with Gasteiger partial charge in [0.25, 0.3) is 0 Å². The summed E-state index contributed by atoms with van der Waals surface area (Å²) in [7, 11) is 0. The van der Waals surface area contributed by atoms with E-state index in [9.17, 15) is 4.79 Å². The van der Waals surface area contributed by atoms with Crippen LogP contribution in [-0.2, 0) is 4.74 Å². The molecule has 1 amide bonds. The third-order valence-electron chi connectivity index (χ3n) is 3.87. The van der Waals surface area contributed by atoms with Crippen molar-refractivity contribution in [3.8, 4) is 0 Å². The smallest absolute Gasteiger partial charge is 0.410 e. The molecule has 0 spiro atoms. The normalized spacial score (nSPS) is 29.4. The lowest BCUT2D eigenvalue weighted by Gasteiger charge is -2.36. The van der Waals surface area contributed by atoms with Gasteiger partial charge in [-0.1, -0.05) is 0 Å². The van der Waals surface area contributed by atoms with Crippen LogP contribution in [0.25, 0.3) is 0 Å². The Kier molecular flexibility index (Phi) is 4.15. The van der Waals surface area contributed by atoms with Gasteiger partial charge in [-0.25, -0.2) is 4.79 Å². The number of rotatable bonds is 1. The molecule has 2 rings (SSSR count). The molecule has 0 radical (unpaired) electrons. The molecule has 0 aromatic heterocycles. The number of piperidine rings is 1. The molecule has 0 bridgehead atoms. The molecule has 18 heavy (non-hydrogen) atoms. The van der Waals surface area contributed by atoms with Crippen LogP contribution in [0.5, 0.6) is 0 Å². The van der Waals surface area contributed by atoms with Crippen molar-refractivity contribution in [2.45, 2.75) is 45.6 Å². The van der Waals surface area contributed by atoms with Crippen LogP contribution in [0, 0.1) is 11.8 Å². The first-order chi connectivity index (χ1) is 8.46. The third kappa shape index (κ3) is 3.61. The van der Waals surface area contributed by atoms with Crippen LogP contribution in [0.4, 0.5) is 4.79 Å². The minimum atomic E-state index is -0.390. The van der Waals surface area contributed by atoms with Gasteiger partial charge in [-0.3, -0.25) is 0 Å². The quantitative estimate of drug-likeness (QED) is 0.780. The van der Waals surface area contributed by atoms with Crippen molar-refractivity contribution in [1.29, 1.82) is 0 Å². The third-order valence-corrected chi connectivity index (χ3v) is 3.87. The van der Waals surface area contributed by atoms with Crippen molar-refractivity contribution in [3.05, 3.63) is 0 Å². The number of carbonyl (C=O) groups is 1. The lowest BCUT2D eigenvalue weighted by Crippen LogP contribution is -2.44. The van der Waals surface area contributed by atoms with E-state index in [0.717, 1.165) is 38.5 Å². The zero-order valence-corrected chi connectivity index (χ0v) is 11.9. The van der Waals surface area contributed by atoms with Gasteiger partial charge in [-0.05, 0) is 65.0 Å². The molecule has 2 fully saturated rings. The summed E-state index contributed by atoms with van der Waals surface area (Å²) in [6, 6.07) is 0. The molecule has 2 heterocycles. The second kappa shape index (κ2) is 5.47. The van der Waals surface area contributed by atoms with Crippen molar-refractivity contribution >= 4 is 6.09 Å². The molecule has 0 aliphatic carbocycles. The summed E-state index contributed by atoms with van der Waals surface area (Å²) in [5.74, 6) is 1.40. The van der Waals surface area contributed by atoms with E-state index in [1.165, 1.54) is 12.8 Å². The molecule has 4 heteroatoms. The minimum absolute atomic E-state index is 0.141. The molecule has 2 aliphatic rings. The monoisotopic (exact) mass is 254 g/mol. The number of hydrogen-bond donors (Lipinski definition) is 1. The Morgan fingerprint density at radius 1 is 1.28 bits per heavy atom. The van der Waals surface area contributed by atoms with Gasteiger partial charge < -0.3 is 15.0 Å². The molecule has 0 aromatic carbocycles. The fourth-order valence-electron chi connectivity index (χ4n) is 2.97. The topological polar surface area (TPSA) is 41.6 Å². The summed E-state index contributed by atoms with van der Waals surface area (Å²) in [4.78, 5) is 14.0. The van der Waals surface area contributed by atoms with E-state index in [0.29, 0.717) is 5.92 Å². The Labute approximate surface area is 110 Å². The highest BCUT2D eigenvalue weighted by atomic mass is 16.6. The summed E-state index contributed by atoms with van der Waals surface area (Å²) < 4.78 is 5.46. The number of hydrogen-bond acceptors (Lipinski definition) is 3. The van der Waals surface area contributed by atoms with Crippen molar-refractivity contribution < 1.29 is 9.53 Å². The SMILES string of the molecule is CC(C)(C)OC(=O)N1CCC[C@@H]([C@@H]2CCNC2)C1. The lowest BCUT2D eigenvalue weighted by atomic mass is 9.85. The number of nitrogens with zero attached hydrogens (tertiary/aromatic N) is 1. The predicted molar refractivity (Wildman–Crippen MR) is 71.5 cm³/mol. The number of carbonyl (C=O) groups excluding carboxylic acids is 1. The Hall–Kier alpha value is -0.770. The molecule has 0 unspecified atom stereocenters. The van der Waals surface area contributed by atoms with Gasteiger partial charge in [0.1, 0.15) is 5.60 Å². The number of likely N-dealkylation sites (tertiary alicyclic amines) is 1. The predicted octanol–water partition coefficient (Wildman–Crippen LogP) is 2.24. The molecule has 104 valence electrons. The Morgan fingerprint density at radius 2 is 2.06 bits per heavy atom. The van der Waals surface area contributed by atoms with Gasteiger partial charge in [0, 0.05) is 13.1 Å². The highest BCUT2D eigenvalue weighted by Crippen LogP contribution is 2.28. The zero-order chi connectivity index (χ0) is 13.2. The lowest BCUT2D eigenvalue weighted by molar-refractivity contribution is 0.0135. The minimum Gasteiger partial charge on any atom is -0.444 e. The van der Waals surface area contributed by atoms with Gasteiger partial charge in [0.05, 0.1) is 0 Å². The summed E-state index contributed by atoms with van der Waals surface area (Å²) in [6.45, 7) is 9.75. The molecule has 2 saturated heterocycles. The fraction of sp³-hybridized carbons (Fsp3) is 0.929. The number of nitrogens with one attached hydrogen (secondary N) is 1. The first-order valence-electron chi connectivity index (χ1n) is 7.14. The van der Waals surface area contributed by atoms with Crippen LogP contribution in [0.2, 0.25) is 0 Å². The summed E-state index contributed by atoms with van der Waals surface area (Å²) in [5, 5.41) is 3.42. The molecule has 2 aliphatic heterocycles. The maximum Gasteiger partial charge on any atom is 0.410 e. The maximum atomic E-state index is 12.1. The molecular weight excluding hydrogens is 228 g/mol. The number of amides is 1. The van der Waals surface area contributed by atoms with Crippen molar-refractivity contribution in [1.82, 2.24) is 10.2 Å². The van der Waals surface area contributed by atoms with E-state index < -0.39 is 0 Å². The van der Waals surface area contributed by atoms with Gasteiger partial charge >= 0.3 is 6.09 Å². The average Bonchev–Trinajstić information content (AvgIpc) is 2.80. The van der Waals surface area contributed by atoms with Crippen molar-refractivity contribution in [3.63, 3.8) is 0 Å². The van der Waals surface area contributed by atoms with Crippen LogP contribution in [0.15, 0.2) is 0 Å². The number of ether oxygens (including phenoxy) is 1. The van der Waals surface area contributed by atoms with Crippen LogP contribution in [0.1, 0.15) is 40.0 Å². The van der Waals surface area contributed by atoms with Crippen LogP contribution >= 0.6 is 0 Å². The van der Waals surface area contributed by atoms with Crippen molar-refractivity contribution in [2.24, 2.45) is 11.8 Å². The second-order valence-corrected chi connectivity index (χ2v) is 6.58. The summed E-state index contributed by atoms with van der Waals surface area (Å²) >= 11 is 0. The van der Waals surface area contributed by atoms with E-state index in [-0.39, 0.29) is 11.7 Å². The molecule has 0 saturated carbocycles. The Bertz CT molecular complexity index is 293. The standard InChI is InChI=1S/C14H26N2O2/c1-14(2,3)18-13(17)16-8-4-5-12(10-16)11-6-7-15-9-11/h11-12,15H,4-10H2,1-3H3/t11-,12-/m1/s1. The van der Waals surface area contributed by atoms with E-state index in [2.05, 4.69) is 5.32 Å². The van der Waals surface area contributed by atoms with E-state index in [4.69, 9.17) is 4.74 Å². The second-order valence-electron chi connectivity index (χ2n) is 6.58. The Morgan fingerprint density at radius 3 is 2.67 bits per heavy atom. The van der Waals surface area contributed by atoms with Crippen LogP contribution < -0.4 is 5.32 Å². The van der Waals surface area contributed by atoms with Crippen molar-refractivity contribution in [2.75, 3.05) is 26.2 Å². The van der Waals surface area contributed by atoms with Crippen LogP contribution in [0.3, 0.4) is 0 Å². The fourth-order valence-corrected chi connectivity index (χ4v) is 2.97. The van der Waals surface area contributed by atoms with Gasteiger partial charge in [-0.15, -0.1) is 0 Å². The summed E-state index contributed by atoms with van der Waals surface area (Å²) in [5.41, 5.74) is -0.390. The van der Waals surface area contributed by atoms with E-state index >= 15 is 0 Å².